The van der Waals surface area contributed by atoms with Gasteiger partial charge in [-0.3, -0.25) is 10.1 Å². The molecule has 21 heavy (non-hydrogen) atoms. The van der Waals surface area contributed by atoms with Crippen LogP contribution in [-0.4, -0.2) is 26.0 Å². The van der Waals surface area contributed by atoms with E-state index in [2.05, 4.69) is 31.2 Å². The van der Waals surface area contributed by atoms with Gasteiger partial charge in [0.15, 0.2) is 0 Å². The molecule has 0 aliphatic carbocycles. The van der Waals surface area contributed by atoms with E-state index >= 15 is 0 Å². The van der Waals surface area contributed by atoms with Gasteiger partial charge < -0.3 is 10.4 Å². The third-order valence-corrected chi connectivity index (χ3v) is 3.15. The minimum Gasteiger partial charge on any atom is -0.477 e. The van der Waals surface area contributed by atoms with Crippen LogP contribution in [0.5, 0.6) is 0 Å². The number of carboxylic acid groups (broad SMARTS) is 1. The number of pyridine rings is 2. The smallest absolute Gasteiger partial charge is 0.354 e. The summed E-state index contributed by atoms with van der Waals surface area (Å²) in [5.41, 5.74) is 0.611. The Kier molecular flexibility index (Phi) is 4.43. The van der Waals surface area contributed by atoms with E-state index in [0.717, 1.165) is 11.8 Å². The lowest BCUT2D eigenvalue weighted by Crippen LogP contribution is -2.05. The molecule has 2 rings (SSSR count). The Hall–Kier alpha value is -2.55. The van der Waals surface area contributed by atoms with Gasteiger partial charge in [-0.2, -0.15) is 0 Å². The molecular weight excluding hydrogens is 344 g/mol. The Labute approximate surface area is 127 Å². The predicted molar refractivity (Wildman–Crippen MR) is 77.1 cm³/mol. The molecule has 0 fully saturated rings. The topological polar surface area (TPSA) is 118 Å². The van der Waals surface area contributed by atoms with Crippen molar-refractivity contribution in [2.45, 2.75) is 6.54 Å². The van der Waals surface area contributed by atoms with E-state index in [4.69, 9.17) is 5.11 Å². The normalized spacial score (nSPS) is 10.1. The minimum atomic E-state index is -1.09. The van der Waals surface area contributed by atoms with Crippen LogP contribution in [0.1, 0.15) is 16.1 Å². The van der Waals surface area contributed by atoms with E-state index in [0.29, 0.717) is 16.8 Å². The Bertz CT molecular complexity index is 690. The van der Waals surface area contributed by atoms with Crippen LogP contribution in [0.15, 0.2) is 35.1 Å². The fourth-order valence-electron chi connectivity index (χ4n) is 1.50. The van der Waals surface area contributed by atoms with Crippen molar-refractivity contribution in [2.75, 3.05) is 5.32 Å². The molecule has 2 N–H and O–H groups in total. The van der Waals surface area contributed by atoms with Gasteiger partial charge in [-0.25, -0.2) is 14.8 Å². The van der Waals surface area contributed by atoms with Crippen LogP contribution in [0.3, 0.4) is 0 Å². The average molecular weight is 353 g/mol. The highest BCUT2D eigenvalue weighted by atomic mass is 79.9. The fourth-order valence-corrected chi connectivity index (χ4v) is 1.98. The summed E-state index contributed by atoms with van der Waals surface area (Å²) < 4.78 is 0.465. The minimum absolute atomic E-state index is 0.0339. The lowest BCUT2D eigenvalue weighted by Gasteiger charge is -2.07. The summed E-state index contributed by atoms with van der Waals surface area (Å²) in [7, 11) is 0. The fraction of sp³-hybridized carbons (Fsp3) is 0.0833. The van der Waals surface area contributed by atoms with E-state index in [9.17, 15) is 14.9 Å². The van der Waals surface area contributed by atoms with Crippen molar-refractivity contribution in [2.24, 2.45) is 0 Å². The van der Waals surface area contributed by atoms with Gasteiger partial charge in [-0.1, -0.05) is 6.07 Å². The van der Waals surface area contributed by atoms with Crippen molar-refractivity contribution >= 4 is 33.4 Å². The molecule has 2 aromatic rings. The van der Waals surface area contributed by atoms with E-state index in [1.807, 2.05) is 0 Å². The first-order chi connectivity index (χ1) is 9.97. The second-order valence-electron chi connectivity index (χ2n) is 3.99. The maximum atomic E-state index is 10.7. The number of aromatic nitrogens is 2. The Balaban J connectivity index is 2.06. The molecule has 8 nitrogen and oxygen atoms in total. The van der Waals surface area contributed by atoms with Gasteiger partial charge in [0.05, 0.1) is 9.40 Å². The molecule has 0 aliphatic heterocycles. The summed E-state index contributed by atoms with van der Waals surface area (Å²) in [5, 5.41) is 22.3. The number of nitrogens with one attached hydrogen (secondary N) is 1. The number of rotatable bonds is 5. The number of aromatic carboxylic acids is 1. The van der Waals surface area contributed by atoms with Crippen molar-refractivity contribution in [3.05, 3.63) is 56.4 Å². The molecule has 0 unspecified atom stereocenters. The van der Waals surface area contributed by atoms with Gasteiger partial charge in [0.25, 0.3) is 5.69 Å². The van der Waals surface area contributed by atoms with Crippen molar-refractivity contribution < 1.29 is 14.8 Å². The average Bonchev–Trinajstić information content (AvgIpc) is 2.46. The van der Waals surface area contributed by atoms with Crippen molar-refractivity contribution in [3.8, 4) is 0 Å². The molecule has 0 aliphatic rings. The monoisotopic (exact) mass is 352 g/mol. The van der Waals surface area contributed by atoms with Crippen molar-refractivity contribution in [1.82, 2.24) is 9.97 Å². The zero-order valence-electron chi connectivity index (χ0n) is 10.5. The Morgan fingerprint density at radius 1 is 1.38 bits per heavy atom. The lowest BCUT2D eigenvalue weighted by atomic mass is 10.2. The number of anilines is 1. The summed E-state index contributed by atoms with van der Waals surface area (Å²) >= 11 is 3.20. The quantitative estimate of drug-likeness (QED) is 0.626. The largest absolute Gasteiger partial charge is 0.477 e. The van der Waals surface area contributed by atoms with Gasteiger partial charge in [0.1, 0.15) is 17.7 Å². The molecule has 0 saturated carbocycles. The van der Waals surface area contributed by atoms with Crippen LogP contribution in [-0.2, 0) is 6.54 Å². The Morgan fingerprint density at radius 3 is 2.67 bits per heavy atom. The number of halogens is 1. The molecule has 0 bridgehead atoms. The van der Waals surface area contributed by atoms with E-state index in [-0.39, 0.29) is 11.4 Å². The summed E-state index contributed by atoms with van der Waals surface area (Å²) in [5.74, 6) is -0.641. The second kappa shape index (κ2) is 6.27. The van der Waals surface area contributed by atoms with E-state index in [1.54, 1.807) is 6.07 Å². The van der Waals surface area contributed by atoms with Crippen LogP contribution in [0, 0.1) is 10.1 Å². The van der Waals surface area contributed by atoms with Crippen molar-refractivity contribution in [1.29, 1.82) is 0 Å². The standard InChI is InChI=1S/C12H9BrN4O4/c13-9-3-8(17(20)21)6-16-11(9)15-5-7-1-2-10(12(18)19)14-4-7/h1-4,6H,5H2,(H,15,16)(H,18,19). The lowest BCUT2D eigenvalue weighted by molar-refractivity contribution is -0.385. The number of hydrogen-bond acceptors (Lipinski definition) is 6. The molecule has 0 spiro atoms. The molecule has 0 saturated heterocycles. The molecular formula is C12H9BrN4O4. The zero-order valence-corrected chi connectivity index (χ0v) is 12.1. The predicted octanol–water partition coefficient (Wildman–Crippen LogP) is 2.46. The molecule has 0 atom stereocenters. The molecule has 2 heterocycles. The van der Waals surface area contributed by atoms with Crippen LogP contribution in [0.25, 0.3) is 0 Å². The number of carbonyl (C=O) groups is 1. The summed E-state index contributed by atoms with van der Waals surface area (Å²) in [6, 6.07) is 4.38. The van der Waals surface area contributed by atoms with Gasteiger partial charge in [-0.15, -0.1) is 0 Å². The van der Waals surface area contributed by atoms with Crippen LogP contribution >= 0.6 is 15.9 Å². The highest BCUT2D eigenvalue weighted by Gasteiger charge is 2.10. The van der Waals surface area contributed by atoms with Gasteiger partial charge in [0.2, 0.25) is 0 Å². The number of nitro groups is 1. The van der Waals surface area contributed by atoms with Gasteiger partial charge in [-0.05, 0) is 27.6 Å². The van der Waals surface area contributed by atoms with E-state index < -0.39 is 10.9 Å². The summed E-state index contributed by atoms with van der Waals surface area (Å²) in [4.78, 5) is 28.5. The maximum absolute atomic E-state index is 10.7. The molecule has 9 heteroatoms. The molecule has 0 aromatic carbocycles. The molecule has 0 amide bonds. The number of carboxylic acids is 1. The molecule has 0 radical (unpaired) electrons. The van der Waals surface area contributed by atoms with Crippen molar-refractivity contribution in [3.63, 3.8) is 0 Å². The highest BCUT2D eigenvalue weighted by molar-refractivity contribution is 9.10. The number of hydrogen-bond donors (Lipinski definition) is 2. The maximum Gasteiger partial charge on any atom is 0.354 e. The Morgan fingerprint density at radius 2 is 2.14 bits per heavy atom. The van der Waals surface area contributed by atoms with Gasteiger partial charge in [0, 0.05) is 18.8 Å². The second-order valence-corrected chi connectivity index (χ2v) is 4.85. The number of nitrogens with zero attached hydrogens (tertiary/aromatic N) is 3. The highest BCUT2D eigenvalue weighted by Crippen LogP contribution is 2.24. The SMILES string of the molecule is O=C(O)c1ccc(CNc2ncc([N+](=O)[O-])cc2Br)cn1. The first-order valence-electron chi connectivity index (χ1n) is 5.69. The van der Waals surface area contributed by atoms with Gasteiger partial charge >= 0.3 is 5.97 Å². The van der Waals surface area contributed by atoms with Crippen LogP contribution < -0.4 is 5.32 Å². The zero-order chi connectivity index (χ0) is 15.4. The third-order valence-electron chi connectivity index (χ3n) is 2.54. The van der Waals surface area contributed by atoms with E-state index in [1.165, 1.54) is 18.3 Å². The van der Waals surface area contributed by atoms with Crippen LogP contribution in [0.2, 0.25) is 0 Å². The van der Waals surface area contributed by atoms with Crippen LogP contribution in [0.4, 0.5) is 11.5 Å². The molecule has 108 valence electrons. The first kappa shape index (κ1) is 14.9. The third kappa shape index (κ3) is 3.72. The first-order valence-corrected chi connectivity index (χ1v) is 6.48. The summed E-state index contributed by atoms with van der Waals surface area (Å²) in [6.45, 7) is 0.357. The summed E-state index contributed by atoms with van der Waals surface area (Å²) in [6.07, 6.45) is 2.59. The molecule has 2 aromatic heterocycles.